The minimum absolute atomic E-state index is 0.111. The number of halogens is 2. The lowest BCUT2D eigenvalue weighted by Gasteiger charge is -2.22. The van der Waals surface area contributed by atoms with Gasteiger partial charge in [-0.05, 0) is 36.8 Å². The maximum Gasteiger partial charge on any atom is 0.325 e. The zero-order valence-corrected chi connectivity index (χ0v) is 14.8. The smallest absolute Gasteiger partial charge is 0.325 e. The van der Waals surface area contributed by atoms with Gasteiger partial charge in [0.15, 0.2) is 11.6 Å². The largest absolute Gasteiger partial charge is 0.444 e. The summed E-state index contributed by atoms with van der Waals surface area (Å²) in [7, 11) is 0. The van der Waals surface area contributed by atoms with Crippen LogP contribution in [0.3, 0.4) is 0 Å². The molecule has 0 radical (unpaired) electrons. The van der Waals surface area contributed by atoms with E-state index in [2.05, 4.69) is 10.3 Å². The molecule has 1 fully saturated rings. The summed E-state index contributed by atoms with van der Waals surface area (Å²) in [5.41, 5.74) is -0.204. The highest BCUT2D eigenvalue weighted by atomic mass is 19.2. The van der Waals surface area contributed by atoms with Crippen LogP contribution >= 0.6 is 0 Å². The number of urea groups is 1. The van der Waals surface area contributed by atoms with E-state index in [9.17, 15) is 18.4 Å². The number of benzene rings is 2. The number of nitrogens with zero attached hydrogens (tertiary/aromatic N) is 2. The fourth-order valence-electron chi connectivity index (χ4n) is 3.10. The van der Waals surface area contributed by atoms with Crippen LogP contribution < -0.4 is 5.32 Å². The van der Waals surface area contributed by atoms with Crippen molar-refractivity contribution in [2.45, 2.75) is 19.0 Å². The van der Waals surface area contributed by atoms with E-state index in [0.29, 0.717) is 11.6 Å². The Hall–Kier alpha value is -3.55. The van der Waals surface area contributed by atoms with Crippen molar-refractivity contribution in [1.29, 1.82) is 0 Å². The number of aromatic nitrogens is 1. The number of imide groups is 1. The third kappa shape index (κ3) is 2.92. The molecular formula is C20H15F2N3O3. The average Bonchev–Trinajstić information content (AvgIpc) is 3.24. The van der Waals surface area contributed by atoms with E-state index >= 15 is 0 Å². The highest BCUT2D eigenvalue weighted by Gasteiger charge is 2.49. The topological polar surface area (TPSA) is 75.4 Å². The second-order valence-electron chi connectivity index (χ2n) is 6.59. The molecule has 1 aromatic heterocycles. The average molecular weight is 383 g/mol. The van der Waals surface area contributed by atoms with Gasteiger partial charge in [0.05, 0.1) is 12.2 Å². The van der Waals surface area contributed by atoms with Crippen molar-refractivity contribution in [2.24, 2.45) is 0 Å². The minimum atomic E-state index is -1.50. The van der Waals surface area contributed by atoms with Gasteiger partial charge in [-0.25, -0.2) is 18.6 Å². The molecule has 2 heterocycles. The molecule has 1 saturated heterocycles. The van der Waals surface area contributed by atoms with E-state index < -0.39 is 29.1 Å². The number of carbonyl (C=O) groups excluding carboxylic acids is 2. The van der Waals surface area contributed by atoms with Gasteiger partial charge in [-0.1, -0.05) is 24.3 Å². The molecule has 3 amide bonds. The SMILES string of the molecule is C[C@@]1(c2ccc(F)c(F)c2)NC(=O)N(Cc2coc(-c3ccccc3)n2)C1=O. The third-order valence-electron chi connectivity index (χ3n) is 4.66. The summed E-state index contributed by atoms with van der Waals surface area (Å²) in [4.78, 5) is 30.5. The Kier molecular flexibility index (Phi) is 4.18. The summed E-state index contributed by atoms with van der Waals surface area (Å²) in [6, 6.07) is 11.6. The standard InChI is InChI=1S/C20H15F2N3O3/c1-20(13-7-8-15(21)16(22)9-13)18(26)25(19(27)24-20)10-14-11-28-17(23-14)12-5-3-2-4-6-12/h2-9,11H,10H2,1H3,(H,24,27)/t20-/m0/s1. The molecular weight excluding hydrogens is 368 g/mol. The Bertz CT molecular complexity index is 1070. The second-order valence-corrected chi connectivity index (χ2v) is 6.59. The monoisotopic (exact) mass is 383 g/mol. The first kappa shape index (κ1) is 17.8. The van der Waals surface area contributed by atoms with E-state index in [-0.39, 0.29) is 12.1 Å². The van der Waals surface area contributed by atoms with E-state index in [1.54, 1.807) is 0 Å². The molecule has 0 bridgehead atoms. The summed E-state index contributed by atoms with van der Waals surface area (Å²) in [6.45, 7) is 1.33. The summed E-state index contributed by atoms with van der Waals surface area (Å²) >= 11 is 0. The highest BCUT2D eigenvalue weighted by molar-refractivity contribution is 6.07. The third-order valence-corrected chi connectivity index (χ3v) is 4.66. The first-order valence-electron chi connectivity index (χ1n) is 8.48. The van der Waals surface area contributed by atoms with E-state index in [0.717, 1.165) is 22.6 Å². The molecule has 4 rings (SSSR count). The fraction of sp³-hybridized carbons (Fsp3) is 0.150. The highest BCUT2D eigenvalue weighted by Crippen LogP contribution is 2.31. The molecule has 0 saturated carbocycles. The molecule has 6 nitrogen and oxygen atoms in total. The lowest BCUT2D eigenvalue weighted by Crippen LogP contribution is -2.41. The molecule has 8 heteroatoms. The van der Waals surface area contributed by atoms with Crippen LogP contribution in [0.1, 0.15) is 18.2 Å². The molecule has 3 aromatic rings. The van der Waals surface area contributed by atoms with Gasteiger partial charge in [0.1, 0.15) is 11.8 Å². The van der Waals surface area contributed by atoms with Gasteiger partial charge in [-0.2, -0.15) is 0 Å². The van der Waals surface area contributed by atoms with Crippen molar-refractivity contribution in [3.05, 3.63) is 77.7 Å². The normalized spacial score (nSPS) is 19.2. The van der Waals surface area contributed by atoms with E-state index in [1.165, 1.54) is 19.3 Å². The van der Waals surface area contributed by atoms with Crippen LogP contribution in [0.4, 0.5) is 13.6 Å². The molecule has 1 atom stereocenters. The van der Waals surface area contributed by atoms with Gasteiger partial charge in [0.2, 0.25) is 5.89 Å². The molecule has 2 aromatic carbocycles. The minimum Gasteiger partial charge on any atom is -0.444 e. The van der Waals surface area contributed by atoms with Crippen LogP contribution in [0, 0.1) is 11.6 Å². The predicted molar refractivity (Wildman–Crippen MR) is 94.7 cm³/mol. The van der Waals surface area contributed by atoms with Gasteiger partial charge >= 0.3 is 6.03 Å². The predicted octanol–water partition coefficient (Wildman–Crippen LogP) is 3.59. The van der Waals surface area contributed by atoms with Gasteiger partial charge in [-0.3, -0.25) is 9.69 Å². The summed E-state index contributed by atoms with van der Waals surface area (Å²) in [5, 5.41) is 2.54. The van der Waals surface area contributed by atoms with Crippen molar-refractivity contribution < 1.29 is 22.8 Å². The van der Waals surface area contributed by atoms with Crippen LogP contribution in [-0.4, -0.2) is 21.8 Å². The number of amides is 3. The van der Waals surface area contributed by atoms with Crippen LogP contribution in [0.15, 0.2) is 59.2 Å². The van der Waals surface area contributed by atoms with Crippen molar-refractivity contribution in [3.63, 3.8) is 0 Å². The molecule has 142 valence electrons. The molecule has 0 spiro atoms. The van der Waals surface area contributed by atoms with Gasteiger partial charge in [0, 0.05) is 5.56 Å². The number of carbonyl (C=O) groups is 2. The maximum absolute atomic E-state index is 13.6. The summed E-state index contributed by atoms with van der Waals surface area (Å²) in [5.74, 6) is -2.35. The first-order valence-corrected chi connectivity index (χ1v) is 8.48. The number of hydrogen-bond donors (Lipinski definition) is 1. The Labute approximate surface area is 158 Å². The van der Waals surface area contributed by atoms with Gasteiger partial charge < -0.3 is 9.73 Å². The number of nitrogens with one attached hydrogen (secondary N) is 1. The Balaban J connectivity index is 1.58. The number of rotatable bonds is 4. The Morgan fingerprint density at radius 2 is 1.86 bits per heavy atom. The molecule has 1 aliphatic rings. The first-order chi connectivity index (χ1) is 13.4. The van der Waals surface area contributed by atoms with Crippen molar-refractivity contribution >= 4 is 11.9 Å². The quantitative estimate of drug-likeness (QED) is 0.699. The Morgan fingerprint density at radius 3 is 2.57 bits per heavy atom. The van der Waals surface area contributed by atoms with Crippen molar-refractivity contribution in [2.75, 3.05) is 0 Å². The zero-order chi connectivity index (χ0) is 19.9. The molecule has 1 N–H and O–H groups in total. The van der Waals surface area contributed by atoms with Crippen LogP contribution in [-0.2, 0) is 16.9 Å². The lowest BCUT2D eigenvalue weighted by atomic mass is 9.92. The molecule has 0 aliphatic carbocycles. The van der Waals surface area contributed by atoms with Crippen LogP contribution in [0.2, 0.25) is 0 Å². The van der Waals surface area contributed by atoms with Gasteiger partial charge in [-0.15, -0.1) is 0 Å². The van der Waals surface area contributed by atoms with Crippen molar-refractivity contribution in [1.82, 2.24) is 15.2 Å². The zero-order valence-electron chi connectivity index (χ0n) is 14.8. The van der Waals surface area contributed by atoms with Crippen LogP contribution in [0.25, 0.3) is 11.5 Å². The van der Waals surface area contributed by atoms with Crippen LogP contribution in [0.5, 0.6) is 0 Å². The fourth-order valence-corrected chi connectivity index (χ4v) is 3.10. The number of hydrogen-bond acceptors (Lipinski definition) is 4. The van der Waals surface area contributed by atoms with Crippen molar-refractivity contribution in [3.8, 4) is 11.5 Å². The van der Waals surface area contributed by atoms with Gasteiger partial charge in [0.25, 0.3) is 5.91 Å². The van der Waals surface area contributed by atoms with E-state index in [4.69, 9.17) is 4.42 Å². The van der Waals surface area contributed by atoms with E-state index in [1.807, 2.05) is 30.3 Å². The molecule has 28 heavy (non-hydrogen) atoms. The number of oxazole rings is 1. The molecule has 1 aliphatic heterocycles. The Morgan fingerprint density at radius 1 is 1.11 bits per heavy atom. The lowest BCUT2D eigenvalue weighted by molar-refractivity contribution is -0.131. The summed E-state index contributed by atoms with van der Waals surface area (Å²) < 4.78 is 32.2. The molecule has 0 unspecified atom stereocenters. The second kappa shape index (κ2) is 6.56. The maximum atomic E-state index is 13.6. The summed E-state index contributed by atoms with van der Waals surface area (Å²) in [6.07, 6.45) is 1.37.